The van der Waals surface area contributed by atoms with Crippen molar-refractivity contribution in [3.05, 3.63) is 51.7 Å². The molecule has 0 aliphatic rings. The highest BCUT2D eigenvalue weighted by atomic mass is 19.4. The maximum Gasteiger partial charge on any atom is 0.433 e. The average molecular weight is 368 g/mol. The molecule has 26 heavy (non-hydrogen) atoms. The van der Waals surface area contributed by atoms with E-state index in [4.69, 9.17) is 0 Å². The van der Waals surface area contributed by atoms with Crippen LogP contribution in [0.1, 0.15) is 54.5 Å². The summed E-state index contributed by atoms with van der Waals surface area (Å²) in [5.41, 5.74) is -2.04. The molecule has 5 nitrogen and oxygen atoms in total. The van der Waals surface area contributed by atoms with Crippen molar-refractivity contribution in [2.45, 2.75) is 45.8 Å². The van der Waals surface area contributed by atoms with Crippen molar-refractivity contribution >= 4 is 5.97 Å². The van der Waals surface area contributed by atoms with Crippen molar-refractivity contribution in [1.82, 2.24) is 9.55 Å². The summed E-state index contributed by atoms with van der Waals surface area (Å²) < 4.78 is 40.6. The van der Waals surface area contributed by atoms with Gasteiger partial charge in [-0.1, -0.05) is 13.8 Å². The van der Waals surface area contributed by atoms with Crippen molar-refractivity contribution < 1.29 is 23.1 Å². The third-order valence-corrected chi connectivity index (χ3v) is 4.39. The monoisotopic (exact) mass is 368 g/mol. The zero-order valence-electron chi connectivity index (χ0n) is 14.6. The van der Waals surface area contributed by atoms with Crippen LogP contribution in [0.3, 0.4) is 0 Å². The van der Waals surface area contributed by atoms with E-state index in [-0.39, 0.29) is 17.2 Å². The fraction of sp³-hybridized carbons (Fsp3) is 0.389. The molecule has 0 aliphatic heterocycles. The lowest BCUT2D eigenvalue weighted by atomic mass is 9.99. The number of pyridine rings is 2. The summed E-state index contributed by atoms with van der Waals surface area (Å²) >= 11 is 0. The summed E-state index contributed by atoms with van der Waals surface area (Å²) in [6.45, 7) is 5.44. The number of aromatic nitrogens is 2. The molecule has 0 atom stereocenters. The number of nitrogens with zero attached hydrogens (tertiary/aromatic N) is 2. The SMILES string of the molecule is CCC(CC)n1cc(C(=O)O)c(=O)c(-c2ccnc(C(F)(F)F)c2)c1C. The maximum absolute atomic E-state index is 13.0. The zero-order chi connectivity index (χ0) is 19.6. The smallest absolute Gasteiger partial charge is 0.433 e. The summed E-state index contributed by atoms with van der Waals surface area (Å²) in [5.74, 6) is -1.42. The van der Waals surface area contributed by atoms with E-state index in [1.54, 1.807) is 11.5 Å². The second kappa shape index (κ2) is 7.31. The molecule has 0 saturated heterocycles. The third-order valence-electron chi connectivity index (χ3n) is 4.39. The van der Waals surface area contributed by atoms with Crippen LogP contribution in [0.25, 0.3) is 11.1 Å². The van der Waals surface area contributed by atoms with Crippen LogP contribution in [-0.4, -0.2) is 20.6 Å². The predicted octanol–water partition coefficient (Wildman–Crippen LogP) is 4.30. The number of hydrogen-bond acceptors (Lipinski definition) is 3. The van der Waals surface area contributed by atoms with Gasteiger partial charge in [0.25, 0.3) is 0 Å². The minimum Gasteiger partial charge on any atom is -0.477 e. The Balaban J connectivity index is 2.84. The van der Waals surface area contributed by atoms with Crippen LogP contribution in [0, 0.1) is 6.92 Å². The van der Waals surface area contributed by atoms with Gasteiger partial charge in [0, 0.05) is 29.7 Å². The minimum atomic E-state index is -4.66. The van der Waals surface area contributed by atoms with Crippen molar-refractivity contribution in [2.24, 2.45) is 0 Å². The van der Waals surface area contributed by atoms with Gasteiger partial charge in [-0.3, -0.25) is 9.78 Å². The highest BCUT2D eigenvalue weighted by Gasteiger charge is 2.33. The van der Waals surface area contributed by atoms with E-state index >= 15 is 0 Å². The van der Waals surface area contributed by atoms with Gasteiger partial charge in [0.2, 0.25) is 5.43 Å². The number of carbonyl (C=O) groups is 1. The first-order valence-corrected chi connectivity index (χ1v) is 8.14. The Morgan fingerprint density at radius 1 is 1.31 bits per heavy atom. The summed E-state index contributed by atoms with van der Waals surface area (Å²) in [6.07, 6.45) is -1.06. The summed E-state index contributed by atoms with van der Waals surface area (Å²) in [4.78, 5) is 27.4. The molecule has 8 heteroatoms. The van der Waals surface area contributed by atoms with E-state index in [0.717, 1.165) is 12.3 Å². The average Bonchev–Trinajstić information content (AvgIpc) is 2.57. The lowest BCUT2D eigenvalue weighted by molar-refractivity contribution is -0.141. The Morgan fingerprint density at radius 3 is 2.42 bits per heavy atom. The topological polar surface area (TPSA) is 72.2 Å². The van der Waals surface area contributed by atoms with Crippen LogP contribution in [0.15, 0.2) is 29.3 Å². The number of halogens is 3. The molecule has 0 aliphatic carbocycles. The molecule has 0 aromatic carbocycles. The predicted molar refractivity (Wildman–Crippen MR) is 90.3 cm³/mol. The number of hydrogen-bond donors (Lipinski definition) is 1. The minimum absolute atomic E-state index is 0.00219. The molecule has 140 valence electrons. The summed E-state index contributed by atoms with van der Waals surface area (Å²) in [5, 5.41) is 9.36. The standard InChI is InChI=1S/C18H19F3N2O3/c1-4-12(5-2)23-9-13(17(25)26)16(24)15(10(23)3)11-6-7-22-14(8-11)18(19,20)21/h6-9,12H,4-5H2,1-3H3,(H,25,26). The van der Waals surface area contributed by atoms with Gasteiger partial charge < -0.3 is 9.67 Å². The van der Waals surface area contributed by atoms with Gasteiger partial charge in [0.1, 0.15) is 11.3 Å². The quantitative estimate of drug-likeness (QED) is 0.854. The van der Waals surface area contributed by atoms with Gasteiger partial charge in [-0.2, -0.15) is 13.2 Å². The fourth-order valence-corrected chi connectivity index (χ4v) is 3.02. The first kappa shape index (κ1) is 19.7. The molecule has 0 bridgehead atoms. The van der Waals surface area contributed by atoms with Gasteiger partial charge in [0.15, 0.2) is 0 Å². The van der Waals surface area contributed by atoms with Crippen LogP contribution >= 0.6 is 0 Å². The third kappa shape index (κ3) is 3.63. The van der Waals surface area contributed by atoms with Gasteiger partial charge in [0.05, 0.1) is 0 Å². The molecule has 2 rings (SSSR count). The van der Waals surface area contributed by atoms with Gasteiger partial charge in [-0.05, 0) is 37.5 Å². The zero-order valence-corrected chi connectivity index (χ0v) is 14.6. The molecular weight excluding hydrogens is 349 g/mol. The van der Waals surface area contributed by atoms with E-state index in [2.05, 4.69) is 4.98 Å². The largest absolute Gasteiger partial charge is 0.477 e. The number of alkyl halides is 3. The molecule has 0 unspecified atom stereocenters. The maximum atomic E-state index is 13.0. The number of rotatable bonds is 5. The normalized spacial score (nSPS) is 11.8. The Labute approximate surface area is 148 Å². The molecular formula is C18H19F3N2O3. The van der Waals surface area contributed by atoms with Crippen LogP contribution in [0.5, 0.6) is 0 Å². The number of carboxylic acids is 1. The Hall–Kier alpha value is -2.64. The highest BCUT2D eigenvalue weighted by molar-refractivity contribution is 5.89. The molecule has 0 amide bonds. The van der Waals surface area contributed by atoms with E-state index in [1.807, 2.05) is 13.8 Å². The first-order valence-electron chi connectivity index (χ1n) is 8.14. The van der Waals surface area contributed by atoms with Crippen molar-refractivity contribution in [2.75, 3.05) is 0 Å². The first-order chi connectivity index (χ1) is 12.1. The Morgan fingerprint density at radius 2 is 1.92 bits per heavy atom. The number of carboxylic acid groups (broad SMARTS) is 1. The van der Waals surface area contributed by atoms with Crippen molar-refractivity contribution in [1.29, 1.82) is 0 Å². The second-order valence-electron chi connectivity index (χ2n) is 5.94. The molecule has 1 N–H and O–H groups in total. The van der Waals surface area contributed by atoms with Crippen LogP contribution in [0.2, 0.25) is 0 Å². The molecule has 2 aromatic rings. The van der Waals surface area contributed by atoms with Gasteiger partial charge in [-0.15, -0.1) is 0 Å². The molecule has 2 heterocycles. The summed E-state index contributed by atoms with van der Waals surface area (Å²) in [7, 11) is 0. The second-order valence-corrected chi connectivity index (χ2v) is 5.94. The highest BCUT2D eigenvalue weighted by Crippen LogP contribution is 2.31. The molecule has 0 spiro atoms. The Bertz CT molecular complexity index is 884. The van der Waals surface area contributed by atoms with Crippen molar-refractivity contribution in [3.8, 4) is 11.1 Å². The van der Waals surface area contributed by atoms with E-state index in [9.17, 15) is 27.9 Å². The van der Waals surface area contributed by atoms with E-state index in [1.165, 1.54) is 12.3 Å². The molecule has 2 aromatic heterocycles. The van der Waals surface area contributed by atoms with Crippen LogP contribution in [0.4, 0.5) is 13.2 Å². The lowest BCUT2D eigenvalue weighted by Gasteiger charge is -2.23. The van der Waals surface area contributed by atoms with E-state index < -0.39 is 28.8 Å². The van der Waals surface area contributed by atoms with Crippen LogP contribution in [-0.2, 0) is 6.18 Å². The molecule has 0 fully saturated rings. The Kier molecular flexibility index (Phi) is 5.53. The number of aromatic carboxylic acids is 1. The summed E-state index contributed by atoms with van der Waals surface area (Å²) in [6, 6.07) is 1.98. The van der Waals surface area contributed by atoms with Crippen molar-refractivity contribution in [3.63, 3.8) is 0 Å². The molecule has 0 radical (unpaired) electrons. The van der Waals surface area contributed by atoms with Gasteiger partial charge in [-0.25, -0.2) is 4.79 Å². The molecule has 0 saturated carbocycles. The fourth-order valence-electron chi connectivity index (χ4n) is 3.02. The van der Waals surface area contributed by atoms with E-state index in [0.29, 0.717) is 18.5 Å². The lowest BCUT2D eigenvalue weighted by Crippen LogP contribution is -2.24. The van der Waals surface area contributed by atoms with Gasteiger partial charge >= 0.3 is 12.1 Å². The van der Waals surface area contributed by atoms with Crippen LogP contribution < -0.4 is 5.43 Å².